The molecule has 1 nitrogen and oxygen atoms in total. The van der Waals surface area contributed by atoms with E-state index in [-0.39, 0.29) is 0 Å². The molecule has 0 aromatic heterocycles. The van der Waals surface area contributed by atoms with E-state index >= 15 is 0 Å². The van der Waals surface area contributed by atoms with Gasteiger partial charge in [0.2, 0.25) is 0 Å². The third-order valence-electron chi connectivity index (χ3n) is 5.13. The van der Waals surface area contributed by atoms with Gasteiger partial charge in [-0.3, -0.25) is 0 Å². The van der Waals surface area contributed by atoms with Crippen LogP contribution in [0.1, 0.15) is 90.4 Å². The monoisotopic (exact) mass is 252 g/mol. The van der Waals surface area contributed by atoms with Gasteiger partial charge in [-0.2, -0.15) is 0 Å². The van der Waals surface area contributed by atoms with Crippen molar-refractivity contribution in [3.8, 4) is 0 Å². The Hall–Kier alpha value is -0.0400. The Kier molecular flexibility index (Phi) is 6.01. The first-order valence-electron chi connectivity index (χ1n) is 8.49. The highest BCUT2D eigenvalue weighted by molar-refractivity contribution is 4.91. The van der Waals surface area contributed by atoms with Crippen LogP contribution in [0.3, 0.4) is 0 Å². The zero-order valence-corrected chi connectivity index (χ0v) is 12.4. The molecule has 2 heterocycles. The summed E-state index contributed by atoms with van der Waals surface area (Å²) in [6, 6.07) is 0. The number of rotatable bonds is 9. The van der Waals surface area contributed by atoms with Crippen molar-refractivity contribution in [2.24, 2.45) is 5.92 Å². The van der Waals surface area contributed by atoms with Gasteiger partial charge in [0.05, 0.1) is 12.2 Å². The minimum Gasteiger partial charge on any atom is -0.375 e. The van der Waals surface area contributed by atoms with E-state index in [9.17, 15) is 0 Å². The molecule has 3 fully saturated rings. The molecular formula is C17H32O. The van der Waals surface area contributed by atoms with Crippen LogP contribution in [0.2, 0.25) is 0 Å². The van der Waals surface area contributed by atoms with Crippen LogP contribution in [-0.2, 0) is 4.74 Å². The lowest BCUT2D eigenvalue weighted by atomic mass is 9.73. The molecule has 0 unspecified atom stereocenters. The van der Waals surface area contributed by atoms with E-state index in [1.165, 1.54) is 83.5 Å². The van der Waals surface area contributed by atoms with Crippen LogP contribution < -0.4 is 0 Å². The lowest BCUT2D eigenvalue weighted by Gasteiger charge is -2.46. The van der Waals surface area contributed by atoms with Gasteiger partial charge in [-0.15, -0.1) is 0 Å². The van der Waals surface area contributed by atoms with Crippen molar-refractivity contribution in [1.29, 1.82) is 0 Å². The van der Waals surface area contributed by atoms with Gasteiger partial charge in [0.1, 0.15) is 0 Å². The van der Waals surface area contributed by atoms with Gasteiger partial charge < -0.3 is 4.74 Å². The lowest BCUT2D eigenvalue weighted by Crippen LogP contribution is -2.44. The average Bonchev–Trinajstić information content (AvgIpc) is 2.44. The molecule has 18 heavy (non-hydrogen) atoms. The SMILES string of the molecule is CCCCCCCCCCC12CCC(CC1)CO2. The predicted molar refractivity (Wildman–Crippen MR) is 77.9 cm³/mol. The topological polar surface area (TPSA) is 9.23 Å². The van der Waals surface area contributed by atoms with Gasteiger partial charge >= 0.3 is 0 Å². The van der Waals surface area contributed by atoms with Gasteiger partial charge in [0.15, 0.2) is 0 Å². The summed E-state index contributed by atoms with van der Waals surface area (Å²) in [5, 5.41) is 0. The summed E-state index contributed by atoms with van der Waals surface area (Å²) in [5.74, 6) is 0.908. The van der Waals surface area contributed by atoms with Crippen molar-refractivity contribution < 1.29 is 4.74 Å². The fourth-order valence-corrected chi connectivity index (χ4v) is 3.71. The maximum atomic E-state index is 6.12. The summed E-state index contributed by atoms with van der Waals surface area (Å²) in [5.41, 5.74) is 0.330. The van der Waals surface area contributed by atoms with Crippen molar-refractivity contribution >= 4 is 0 Å². The molecule has 0 aromatic rings. The van der Waals surface area contributed by atoms with Crippen LogP contribution in [-0.4, -0.2) is 12.2 Å². The zero-order valence-electron chi connectivity index (χ0n) is 12.4. The summed E-state index contributed by atoms with van der Waals surface area (Å²) in [4.78, 5) is 0. The molecule has 106 valence electrons. The van der Waals surface area contributed by atoms with Gasteiger partial charge in [0, 0.05) is 0 Å². The van der Waals surface area contributed by atoms with Crippen LogP contribution in [0.5, 0.6) is 0 Å². The Morgan fingerprint density at radius 3 is 2.06 bits per heavy atom. The van der Waals surface area contributed by atoms with Crippen LogP contribution in [0, 0.1) is 5.92 Å². The van der Waals surface area contributed by atoms with E-state index in [0.29, 0.717) is 5.60 Å². The second-order valence-corrected chi connectivity index (χ2v) is 6.66. The fraction of sp³-hybridized carbons (Fsp3) is 1.00. The maximum absolute atomic E-state index is 6.12. The summed E-state index contributed by atoms with van der Waals surface area (Å²) in [6.45, 7) is 3.36. The van der Waals surface area contributed by atoms with Crippen molar-refractivity contribution in [2.75, 3.05) is 6.61 Å². The van der Waals surface area contributed by atoms with Crippen LogP contribution in [0.4, 0.5) is 0 Å². The van der Waals surface area contributed by atoms with Gasteiger partial charge in [0.25, 0.3) is 0 Å². The number of fused-ring (bicyclic) bond motifs is 3. The first-order chi connectivity index (χ1) is 8.85. The van der Waals surface area contributed by atoms with Gasteiger partial charge in [-0.05, 0) is 38.0 Å². The van der Waals surface area contributed by atoms with Crippen molar-refractivity contribution in [2.45, 2.75) is 96.0 Å². The number of hydrogen-bond acceptors (Lipinski definition) is 1. The van der Waals surface area contributed by atoms with E-state index in [1.807, 2.05) is 0 Å². The number of unbranched alkanes of at least 4 members (excludes halogenated alkanes) is 7. The van der Waals surface area contributed by atoms with E-state index in [2.05, 4.69) is 6.92 Å². The minimum atomic E-state index is 0.330. The molecule has 0 radical (unpaired) electrons. The lowest BCUT2D eigenvalue weighted by molar-refractivity contribution is -0.148. The van der Waals surface area contributed by atoms with Crippen molar-refractivity contribution in [3.05, 3.63) is 0 Å². The molecule has 0 spiro atoms. The Labute approximate surface area is 114 Å². The Bertz CT molecular complexity index is 202. The highest BCUT2D eigenvalue weighted by Gasteiger charge is 2.40. The molecule has 2 saturated heterocycles. The maximum Gasteiger partial charge on any atom is 0.0683 e. The highest BCUT2D eigenvalue weighted by Crippen LogP contribution is 2.43. The average molecular weight is 252 g/mol. The van der Waals surface area contributed by atoms with Crippen molar-refractivity contribution in [1.82, 2.24) is 0 Å². The van der Waals surface area contributed by atoms with E-state index in [4.69, 9.17) is 4.74 Å². The van der Waals surface area contributed by atoms with Gasteiger partial charge in [-0.25, -0.2) is 0 Å². The summed E-state index contributed by atoms with van der Waals surface area (Å²) in [6.07, 6.45) is 18.4. The summed E-state index contributed by atoms with van der Waals surface area (Å²) < 4.78 is 6.12. The number of ether oxygens (including phenoxy) is 1. The Morgan fingerprint density at radius 1 is 0.889 bits per heavy atom. The molecule has 1 aliphatic carbocycles. The molecule has 0 atom stereocenters. The van der Waals surface area contributed by atoms with Gasteiger partial charge in [-0.1, -0.05) is 58.3 Å². The molecule has 2 bridgehead atoms. The highest BCUT2D eigenvalue weighted by atomic mass is 16.5. The standard InChI is InChI=1S/C17H32O/c1-2-3-4-5-6-7-8-9-12-17-13-10-16(11-14-17)15-18-17/h16H,2-15H2,1H3. The Balaban J connectivity index is 1.48. The Morgan fingerprint density at radius 2 is 1.50 bits per heavy atom. The second kappa shape index (κ2) is 7.53. The molecule has 0 N–H and O–H groups in total. The largest absolute Gasteiger partial charge is 0.375 e. The molecule has 1 heteroatoms. The molecule has 3 rings (SSSR count). The number of hydrogen-bond donors (Lipinski definition) is 0. The molecule has 3 aliphatic rings. The van der Waals surface area contributed by atoms with E-state index in [1.54, 1.807) is 0 Å². The third-order valence-corrected chi connectivity index (χ3v) is 5.13. The predicted octanol–water partition coefficient (Wildman–Crippen LogP) is 5.48. The molecular weight excluding hydrogens is 220 g/mol. The molecule has 0 amide bonds. The first kappa shape index (κ1) is 14.4. The van der Waals surface area contributed by atoms with Crippen LogP contribution in [0.15, 0.2) is 0 Å². The summed E-state index contributed by atoms with van der Waals surface area (Å²) in [7, 11) is 0. The normalized spacial score (nSPS) is 30.8. The second-order valence-electron chi connectivity index (χ2n) is 6.66. The first-order valence-corrected chi connectivity index (χ1v) is 8.49. The quantitative estimate of drug-likeness (QED) is 0.494. The minimum absolute atomic E-state index is 0.330. The van der Waals surface area contributed by atoms with Crippen molar-refractivity contribution in [3.63, 3.8) is 0 Å². The molecule has 2 aliphatic heterocycles. The zero-order chi connectivity index (χ0) is 12.7. The van der Waals surface area contributed by atoms with Crippen LogP contribution in [0.25, 0.3) is 0 Å². The molecule has 1 saturated carbocycles. The molecule has 0 aromatic carbocycles. The smallest absolute Gasteiger partial charge is 0.0683 e. The van der Waals surface area contributed by atoms with Crippen LogP contribution >= 0.6 is 0 Å². The van der Waals surface area contributed by atoms with E-state index in [0.717, 1.165) is 12.5 Å². The third kappa shape index (κ3) is 4.26. The fourth-order valence-electron chi connectivity index (χ4n) is 3.71. The van der Waals surface area contributed by atoms with E-state index < -0.39 is 0 Å². The summed E-state index contributed by atoms with van der Waals surface area (Å²) >= 11 is 0.